The van der Waals surface area contributed by atoms with Gasteiger partial charge in [0.15, 0.2) is 0 Å². The van der Waals surface area contributed by atoms with Crippen LogP contribution in [0, 0.1) is 17.0 Å². The Hall–Kier alpha value is -2.36. The Kier molecular flexibility index (Phi) is 6.63. The summed E-state index contributed by atoms with van der Waals surface area (Å²) in [6, 6.07) is 9.08. The van der Waals surface area contributed by atoms with Crippen LogP contribution in [0.2, 0.25) is 5.02 Å². The van der Waals surface area contributed by atoms with Crippen molar-refractivity contribution in [2.45, 2.75) is 11.8 Å². The van der Waals surface area contributed by atoms with E-state index in [-0.39, 0.29) is 34.3 Å². The van der Waals surface area contributed by atoms with Crippen LogP contribution in [0.15, 0.2) is 41.3 Å². The molecule has 0 aliphatic carbocycles. The van der Waals surface area contributed by atoms with Crippen LogP contribution in [0.4, 0.5) is 5.69 Å². The Morgan fingerprint density at radius 2 is 1.78 bits per heavy atom. The van der Waals surface area contributed by atoms with Crippen molar-refractivity contribution < 1.29 is 22.8 Å². The smallest absolute Gasteiger partial charge is 0.275 e. The van der Waals surface area contributed by atoms with Gasteiger partial charge in [0.1, 0.15) is 18.1 Å². The summed E-state index contributed by atoms with van der Waals surface area (Å²) in [5, 5.41) is 11.1. The number of likely N-dealkylation sites (N-methyl/N-ethyl adjacent to an activating group) is 1. The number of benzene rings is 2. The lowest BCUT2D eigenvalue weighted by molar-refractivity contribution is -0.385. The fraction of sp³-hybridized carbons (Fsp3) is 0.294. The van der Waals surface area contributed by atoms with Gasteiger partial charge in [-0.15, -0.1) is 0 Å². The molecule has 0 spiro atoms. The number of nitrogens with zero attached hydrogens (tertiary/aromatic N) is 2. The molecule has 0 atom stereocenters. The van der Waals surface area contributed by atoms with Crippen molar-refractivity contribution in [2.75, 3.05) is 27.3 Å². The van der Waals surface area contributed by atoms with Gasteiger partial charge in [0.25, 0.3) is 5.69 Å². The van der Waals surface area contributed by atoms with Crippen molar-refractivity contribution in [3.05, 3.63) is 57.1 Å². The highest BCUT2D eigenvalue weighted by Crippen LogP contribution is 2.30. The molecule has 2 rings (SSSR count). The molecule has 0 bridgehead atoms. The highest BCUT2D eigenvalue weighted by molar-refractivity contribution is 7.89. The molecule has 0 aliphatic heterocycles. The van der Waals surface area contributed by atoms with Gasteiger partial charge in [-0.1, -0.05) is 11.6 Å². The number of sulfonamides is 1. The molecule has 0 saturated carbocycles. The van der Waals surface area contributed by atoms with E-state index < -0.39 is 14.9 Å². The molecule has 0 radical (unpaired) electrons. The molecule has 0 aliphatic rings. The number of ether oxygens (including phenoxy) is 2. The molecule has 8 nitrogen and oxygen atoms in total. The van der Waals surface area contributed by atoms with E-state index >= 15 is 0 Å². The lowest BCUT2D eigenvalue weighted by Crippen LogP contribution is -2.31. The molecule has 0 N–H and O–H groups in total. The van der Waals surface area contributed by atoms with Gasteiger partial charge in [-0.25, -0.2) is 8.42 Å². The Balaban J connectivity index is 2.10. The minimum absolute atomic E-state index is 0.0191. The quantitative estimate of drug-likeness (QED) is 0.485. The maximum atomic E-state index is 12.7. The molecule has 2 aromatic rings. The van der Waals surface area contributed by atoms with E-state index in [1.54, 1.807) is 31.4 Å². The topological polar surface area (TPSA) is 99.0 Å². The predicted octanol–water partition coefficient (Wildman–Crippen LogP) is 3.26. The number of methoxy groups -OCH3 is 1. The van der Waals surface area contributed by atoms with E-state index in [9.17, 15) is 18.5 Å². The number of nitro groups is 1. The molecule has 27 heavy (non-hydrogen) atoms. The number of rotatable bonds is 8. The Labute approximate surface area is 162 Å². The average molecular weight is 415 g/mol. The average Bonchev–Trinajstić information content (AvgIpc) is 2.63. The molecule has 0 aromatic heterocycles. The van der Waals surface area contributed by atoms with E-state index in [4.69, 9.17) is 21.1 Å². The van der Waals surface area contributed by atoms with E-state index in [0.717, 1.165) is 10.4 Å². The SMILES string of the molecule is COc1ccc(OCCN(C)S(=O)(=O)c2cc(Cl)c(C)c([N+](=O)[O-])c2)cc1. The lowest BCUT2D eigenvalue weighted by Gasteiger charge is -2.18. The first kappa shape index (κ1) is 20.9. The van der Waals surface area contributed by atoms with Crippen LogP contribution < -0.4 is 9.47 Å². The third kappa shape index (κ3) is 4.88. The van der Waals surface area contributed by atoms with Crippen LogP contribution in [0.3, 0.4) is 0 Å². The molecule has 0 saturated heterocycles. The molecular weight excluding hydrogens is 396 g/mol. The largest absolute Gasteiger partial charge is 0.497 e. The minimum Gasteiger partial charge on any atom is -0.497 e. The predicted molar refractivity (Wildman–Crippen MR) is 101 cm³/mol. The molecule has 0 unspecified atom stereocenters. The monoisotopic (exact) mass is 414 g/mol. The highest BCUT2D eigenvalue weighted by Gasteiger charge is 2.26. The first-order valence-corrected chi connectivity index (χ1v) is 9.66. The maximum absolute atomic E-state index is 12.7. The van der Waals surface area contributed by atoms with E-state index in [1.165, 1.54) is 20.0 Å². The molecule has 10 heteroatoms. The summed E-state index contributed by atoms with van der Waals surface area (Å²) < 4.78 is 37.0. The van der Waals surface area contributed by atoms with Crippen molar-refractivity contribution in [1.82, 2.24) is 4.31 Å². The van der Waals surface area contributed by atoms with E-state index in [1.807, 2.05) is 0 Å². The van der Waals surface area contributed by atoms with Crippen LogP contribution in [0.1, 0.15) is 5.56 Å². The zero-order valence-electron chi connectivity index (χ0n) is 15.0. The molecule has 0 fully saturated rings. The normalized spacial score (nSPS) is 11.4. The van der Waals surface area contributed by atoms with Crippen molar-refractivity contribution in [3.63, 3.8) is 0 Å². The Bertz CT molecular complexity index is 931. The molecule has 0 amide bonds. The molecule has 0 heterocycles. The first-order chi connectivity index (χ1) is 12.7. The second-order valence-corrected chi connectivity index (χ2v) is 8.11. The van der Waals surface area contributed by atoms with Crippen LogP contribution >= 0.6 is 11.6 Å². The van der Waals surface area contributed by atoms with E-state index in [0.29, 0.717) is 11.5 Å². The van der Waals surface area contributed by atoms with Gasteiger partial charge in [0.05, 0.1) is 22.0 Å². The summed E-state index contributed by atoms with van der Waals surface area (Å²) in [7, 11) is -1.03. The van der Waals surface area contributed by atoms with Gasteiger partial charge in [-0.2, -0.15) is 4.31 Å². The summed E-state index contributed by atoms with van der Waals surface area (Å²) in [6.45, 7) is 1.61. The van der Waals surface area contributed by atoms with Gasteiger partial charge < -0.3 is 9.47 Å². The lowest BCUT2D eigenvalue weighted by atomic mass is 10.2. The fourth-order valence-electron chi connectivity index (χ4n) is 2.24. The van der Waals surface area contributed by atoms with Crippen molar-refractivity contribution >= 4 is 27.3 Å². The number of nitro benzene ring substituents is 1. The van der Waals surface area contributed by atoms with Gasteiger partial charge in [0.2, 0.25) is 10.0 Å². The Morgan fingerprint density at radius 3 is 2.33 bits per heavy atom. The number of hydrogen-bond donors (Lipinski definition) is 0. The van der Waals surface area contributed by atoms with Crippen LogP contribution in [-0.4, -0.2) is 45.0 Å². The summed E-state index contributed by atoms with van der Waals surface area (Å²) in [5.41, 5.74) is -0.130. The Morgan fingerprint density at radius 1 is 1.19 bits per heavy atom. The highest BCUT2D eigenvalue weighted by atomic mass is 35.5. The van der Waals surface area contributed by atoms with Gasteiger partial charge in [0, 0.05) is 25.2 Å². The summed E-state index contributed by atoms with van der Waals surface area (Å²) in [6.07, 6.45) is 0. The maximum Gasteiger partial charge on any atom is 0.275 e. The zero-order valence-corrected chi connectivity index (χ0v) is 16.6. The van der Waals surface area contributed by atoms with Crippen molar-refractivity contribution in [3.8, 4) is 11.5 Å². The summed E-state index contributed by atoms with van der Waals surface area (Å²) >= 11 is 5.96. The van der Waals surface area contributed by atoms with Crippen molar-refractivity contribution in [1.29, 1.82) is 0 Å². The second-order valence-electron chi connectivity index (χ2n) is 5.66. The molecular formula is C17H19ClN2O6S. The van der Waals surface area contributed by atoms with Crippen LogP contribution in [-0.2, 0) is 10.0 Å². The van der Waals surface area contributed by atoms with Crippen LogP contribution in [0.25, 0.3) is 0 Å². The third-order valence-electron chi connectivity index (χ3n) is 3.93. The minimum atomic E-state index is -3.95. The van der Waals surface area contributed by atoms with E-state index in [2.05, 4.69) is 0 Å². The standard InChI is InChI=1S/C17H19ClN2O6S/c1-12-16(18)10-15(11-17(12)20(21)22)27(23,24)19(2)8-9-26-14-6-4-13(25-3)5-7-14/h4-7,10-11H,8-9H2,1-3H3. The summed E-state index contributed by atoms with van der Waals surface area (Å²) in [5.74, 6) is 1.25. The zero-order chi connectivity index (χ0) is 20.2. The van der Waals surface area contributed by atoms with Gasteiger partial charge in [-0.05, 0) is 37.3 Å². The second kappa shape index (κ2) is 8.55. The summed E-state index contributed by atoms with van der Waals surface area (Å²) in [4.78, 5) is 10.2. The molecule has 146 valence electrons. The van der Waals surface area contributed by atoms with Gasteiger partial charge in [-0.3, -0.25) is 10.1 Å². The van der Waals surface area contributed by atoms with Crippen LogP contribution in [0.5, 0.6) is 11.5 Å². The first-order valence-electron chi connectivity index (χ1n) is 7.84. The van der Waals surface area contributed by atoms with Crippen molar-refractivity contribution in [2.24, 2.45) is 0 Å². The third-order valence-corrected chi connectivity index (χ3v) is 6.16. The number of halogens is 1. The van der Waals surface area contributed by atoms with Gasteiger partial charge >= 0.3 is 0 Å². The fourth-order valence-corrected chi connectivity index (χ4v) is 3.72. The number of hydrogen-bond acceptors (Lipinski definition) is 6. The molecule has 2 aromatic carbocycles.